The Morgan fingerprint density at radius 1 is 0.909 bits per heavy atom. The zero-order chi connectivity index (χ0) is 15.9. The summed E-state index contributed by atoms with van der Waals surface area (Å²) in [7, 11) is 0. The summed E-state index contributed by atoms with van der Waals surface area (Å²) in [6.07, 6.45) is 4.92. The van der Waals surface area contributed by atoms with Crippen molar-refractivity contribution < 1.29 is 19.1 Å². The number of ether oxygens (including phenoxy) is 2. The van der Waals surface area contributed by atoms with Gasteiger partial charge in [-0.15, -0.1) is 0 Å². The Kier molecular flexibility index (Phi) is 6.10. The molecule has 2 unspecified atom stereocenters. The van der Waals surface area contributed by atoms with Crippen LogP contribution in [0.25, 0.3) is 0 Å². The van der Waals surface area contributed by atoms with Gasteiger partial charge in [-0.3, -0.25) is 9.59 Å². The van der Waals surface area contributed by atoms with Crippen molar-refractivity contribution in [3.8, 4) is 0 Å². The van der Waals surface area contributed by atoms with E-state index in [1.807, 2.05) is 0 Å². The van der Waals surface area contributed by atoms with Gasteiger partial charge >= 0.3 is 11.9 Å². The fraction of sp³-hybridized carbons (Fsp3) is 0.750. The van der Waals surface area contributed by atoms with Gasteiger partial charge in [0.05, 0.1) is 36.5 Å². The zero-order valence-corrected chi connectivity index (χ0v) is 13.3. The summed E-state index contributed by atoms with van der Waals surface area (Å²) >= 11 is 0. The first kappa shape index (κ1) is 16.6. The maximum Gasteiger partial charge on any atom is 0.314 e. The molecule has 22 heavy (non-hydrogen) atoms. The number of nitrogens with zero attached hydrogens (tertiary/aromatic N) is 2. The highest BCUT2D eigenvalue weighted by molar-refractivity contribution is 6.06. The van der Waals surface area contributed by atoms with E-state index in [0.717, 1.165) is 49.9 Å². The average molecular weight is 308 g/mol. The van der Waals surface area contributed by atoms with Crippen molar-refractivity contribution in [2.45, 2.75) is 52.4 Å². The van der Waals surface area contributed by atoms with E-state index < -0.39 is 0 Å². The molecule has 0 bridgehead atoms. The van der Waals surface area contributed by atoms with Gasteiger partial charge in [0, 0.05) is 0 Å². The first-order valence-electron chi connectivity index (χ1n) is 8.13. The number of carbonyl (C=O) groups is 2. The third kappa shape index (κ3) is 3.93. The first-order valence-corrected chi connectivity index (χ1v) is 8.13. The van der Waals surface area contributed by atoms with Crippen LogP contribution in [0, 0.1) is 11.8 Å². The number of hydrogen-bond acceptors (Lipinski definition) is 6. The van der Waals surface area contributed by atoms with E-state index >= 15 is 0 Å². The van der Waals surface area contributed by atoms with Crippen molar-refractivity contribution in [3.63, 3.8) is 0 Å². The average Bonchev–Trinajstić information content (AvgIpc) is 3.14. The van der Waals surface area contributed by atoms with Crippen molar-refractivity contribution in [1.82, 2.24) is 0 Å². The van der Waals surface area contributed by atoms with Crippen molar-refractivity contribution in [2.75, 3.05) is 13.2 Å². The van der Waals surface area contributed by atoms with Crippen LogP contribution >= 0.6 is 0 Å². The highest BCUT2D eigenvalue weighted by Crippen LogP contribution is 2.27. The topological polar surface area (TPSA) is 77.3 Å². The minimum Gasteiger partial charge on any atom is -0.465 e. The molecule has 0 aromatic heterocycles. The van der Waals surface area contributed by atoms with Gasteiger partial charge in [-0.1, -0.05) is 0 Å². The van der Waals surface area contributed by atoms with Crippen molar-refractivity contribution >= 4 is 23.4 Å². The van der Waals surface area contributed by atoms with Crippen LogP contribution < -0.4 is 0 Å². The molecule has 0 radical (unpaired) electrons. The molecule has 2 atom stereocenters. The maximum atomic E-state index is 11.9. The Morgan fingerprint density at radius 2 is 1.32 bits per heavy atom. The lowest BCUT2D eigenvalue weighted by Gasteiger charge is -2.10. The van der Waals surface area contributed by atoms with Crippen LogP contribution in [-0.2, 0) is 19.1 Å². The maximum absolute atomic E-state index is 11.9. The molecule has 0 spiro atoms. The van der Waals surface area contributed by atoms with E-state index in [4.69, 9.17) is 9.47 Å². The van der Waals surface area contributed by atoms with Gasteiger partial charge < -0.3 is 9.47 Å². The highest BCUT2D eigenvalue weighted by Gasteiger charge is 2.32. The Labute approximate surface area is 131 Å². The largest absolute Gasteiger partial charge is 0.465 e. The highest BCUT2D eigenvalue weighted by atomic mass is 16.5. The second-order valence-corrected chi connectivity index (χ2v) is 5.58. The molecule has 2 aliphatic carbocycles. The Hall–Kier alpha value is -1.72. The number of esters is 2. The van der Waals surface area contributed by atoms with Crippen LogP contribution in [0.3, 0.4) is 0 Å². The molecule has 6 nitrogen and oxygen atoms in total. The summed E-state index contributed by atoms with van der Waals surface area (Å²) < 4.78 is 10.2. The molecule has 2 fully saturated rings. The van der Waals surface area contributed by atoms with Crippen LogP contribution in [0.15, 0.2) is 10.2 Å². The van der Waals surface area contributed by atoms with Gasteiger partial charge in [-0.05, 0) is 52.4 Å². The van der Waals surface area contributed by atoms with Gasteiger partial charge in [0.15, 0.2) is 0 Å². The second kappa shape index (κ2) is 8.06. The van der Waals surface area contributed by atoms with Gasteiger partial charge in [-0.2, -0.15) is 10.2 Å². The molecule has 2 saturated carbocycles. The summed E-state index contributed by atoms with van der Waals surface area (Å²) in [6.45, 7) is 4.35. The molecular weight excluding hydrogens is 284 g/mol. The molecule has 2 aliphatic rings. The number of hydrogen-bond donors (Lipinski definition) is 0. The third-order valence-corrected chi connectivity index (χ3v) is 4.11. The molecule has 0 aromatic rings. The smallest absolute Gasteiger partial charge is 0.314 e. The minimum atomic E-state index is -0.272. The molecule has 6 heteroatoms. The zero-order valence-electron chi connectivity index (χ0n) is 13.3. The normalized spacial score (nSPS) is 28.3. The van der Waals surface area contributed by atoms with Crippen molar-refractivity contribution in [1.29, 1.82) is 0 Å². The lowest BCUT2D eigenvalue weighted by atomic mass is 10.1. The molecule has 0 aromatic carbocycles. The Balaban J connectivity index is 2.07. The van der Waals surface area contributed by atoms with Gasteiger partial charge in [0.1, 0.15) is 0 Å². The molecule has 0 amide bonds. The summed E-state index contributed by atoms with van der Waals surface area (Å²) in [5, 5.41) is 8.56. The first-order chi connectivity index (χ1) is 10.7. The van der Waals surface area contributed by atoms with Crippen LogP contribution in [-0.4, -0.2) is 36.6 Å². The SMILES string of the molecule is CCOC(=O)C1CCC/C1=N\N=C1/CCCC1C(=O)OCC. The van der Waals surface area contributed by atoms with E-state index in [2.05, 4.69) is 10.2 Å². The van der Waals surface area contributed by atoms with Crippen LogP contribution in [0.2, 0.25) is 0 Å². The molecule has 0 N–H and O–H groups in total. The predicted octanol–water partition coefficient (Wildman–Crippen LogP) is 2.51. The number of carbonyl (C=O) groups excluding carboxylic acids is 2. The van der Waals surface area contributed by atoms with Gasteiger partial charge in [0.2, 0.25) is 0 Å². The van der Waals surface area contributed by atoms with Crippen LogP contribution in [0.1, 0.15) is 52.4 Å². The molecule has 122 valence electrons. The summed E-state index contributed by atoms with van der Waals surface area (Å²) in [5.41, 5.74) is 1.56. The van der Waals surface area contributed by atoms with Gasteiger partial charge in [-0.25, -0.2) is 0 Å². The van der Waals surface area contributed by atoms with Crippen LogP contribution in [0.4, 0.5) is 0 Å². The van der Waals surface area contributed by atoms with Crippen LogP contribution in [0.5, 0.6) is 0 Å². The molecule has 0 aliphatic heterocycles. The van der Waals surface area contributed by atoms with Gasteiger partial charge in [0.25, 0.3) is 0 Å². The lowest BCUT2D eigenvalue weighted by Crippen LogP contribution is -2.23. The molecule has 0 saturated heterocycles. The summed E-state index contributed by atoms with van der Waals surface area (Å²) in [4.78, 5) is 23.8. The Morgan fingerprint density at radius 3 is 1.68 bits per heavy atom. The molecular formula is C16H24N2O4. The Bertz CT molecular complexity index is 441. The predicted molar refractivity (Wildman–Crippen MR) is 82.8 cm³/mol. The van der Waals surface area contributed by atoms with E-state index in [1.54, 1.807) is 13.8 Å². The lowest BCUT2D eigenvalue weighted by molar-refractivity contribution is -0.146. The quantitative estimate of drug-likeness (QED) is 0.577. The standard InChI is InChI=1S/C16H24N2O4/c1-3-21-15(19)11-7-5-9-13(11)17-18-14-10-6-8-12(14)16(20)22-4-2/h11-12H,3-10H2,1-2H3/b17-13+,18-14+. The monoisotopic (exact) mass is 308 g/mol. The molecule has 0 heterocycles. The number of rotatable bonds is 5. The van der Waals surface area contributed by atoms with Crippen molar-refractivity contribution in [2.24, 2.45) is 22.0 Å². The fourth-order valence-corrected chi connectivity index (χ4v) is 3.02. The molecule has 2 rings (SSSR count). The van der Waals surface area contributed by atoms with E-state index in [1.165, 1.54) is 0 Å². The van der Waals surface area contributed by atoms with E-state index in [0.29, 0.717) is 13.2 Å². The minimum absolute atomic E-state index is 0.215. The summed E-state index contributed by atoms with van der Waals surface area (Å²) in [5.74, 6) is -0.974. The fourth-order valence-electron chi connectivity index (χ4n) is 3.02. The van der Waals surface area contributed by atoms with E-state index in [-0.39, 0.29) is 23.8 Å². The summed E-state index contributed by atoms with van der Waals surface area (Å²) in [6, 6.07) is 0. The van der Waals surface area contributed by atoms with Crippen molar-refractivity contribution in [3.05, 3.63) is 0 Å². The third-order valence-electron chi connectivity index (χ3n) is 4.11. The van der Waals surface area contributed by atoms with E-state index in [9.17, 15) is 9.59 Å². The second-order valence-electron chi connectivity index (χ2n) is 5.58.